The van der Waals surface area contributed by atoms with Gasteiger partial charge in [0.25, 0.3) is 0 Å². The largest absolute Gasteiger partial charge is 0.465 e. The second-order valence-corrected chi connectivity index (χ2v) is 9.14. The molecule has 0 radical (unpaired) electrons. The quantitative estimate of drug-likeness (QED) is 0.493. The molecule has 5 heteroatoms. The summed E-state index contributed by atoms with van der Waals surface area (Å²) >= 11 is 0. The van der Waals surface area contributed by atoms with Crippen LogP contribution in [0.1, 0.15) is 80.1 Å². The van der Waals surface area contributed by atoms with Gasteiger partial charge in [-0.1, -0.05) is 32.3 Å². The molecule has 0 aliphatic heterocycles. The first kappa shape index (κ1) is 21.2. The molecule has 2 aliphatic rings. The zero-order chi connectivity index (χ0) is 21.4. The highest BCUT2D eigenvalue weighted by Gasteiger charge is 2.36. The van der Waals surface area contributed by atoms with Gasteiger partial charge >= 0.3 is 5.97 Å². The SMILES string of the molecule is CCCC1CC[C@@H]2CC(c3cc(F)c4c(F)c(C(=O)OC)c(F)cc4c3)CC[C@H]2C1. The van der Waals surface area contributed by atoms with Crippen molar-refractivity contribution in [3.8, 4) is 0 Å². The lowest BCUT2D eigenvalue weighted by Gasteiger charge is -2.42. The molecule has 2 nitrogen and oxygen atoms in total. The van der Waals surface area contributed by atoms with Crippen LogP contribution in [0.4, 0.5) is 13.2 Å². The molecule has 0 amide bonds. The minimum atomic E-state index is -1.20. The highest BCUT2D eigenvalue weighted by atomic mass is 19.1. The zero-order valence-electron chi connectivity index (χ0n) is 17.6. The van der Waals surface area contributed by atoms with Gasteiger partial charge in [0.2, 0.25) is 0 Å². The first-order chi connectivity index (χ1) is 14.4. The van der Waals surface area contributed by atoms with E-state index < -0.39 is 29.0 Å². The van der Waals surface area contributed by atoms with Gasteiger partial charge in [-0.25, -0.2) is 18.0 Å². The molecule has 2 aromatic rings. The summed E-state index contributed by atoms with van der Waals surface area (Å²) in [6.45, 7) is 2.25. The Morgan fingerprint density at radius 1 is 1.00 bits per heavy atom. The average molecular weight is 418 g/mol. The summed E-state index contributed by atoms with van der Waals surface area (Å²) in [6.07, 6.45) is 9.51. The molecule has 0 aromatic heterocycles. The smallest absolute Gasteiger partial charge is 0.343 e. The van der Waals surface area contributed by atoms with Gasteiger partial charge in [-0.05, 0) is 78.9 Å². The summed E-state index contributed by atoms with van der Waals surface area (Å²) in [7, 11) is 1.04. The van der Waals surface area contributed by atoms with Crippen molar-refractivity contribution in [1.29, 1.82) is 0 Å². The van der Waals surface area contributed by atoms with Crippen LogP contribution in [-0.4, -0.2) is 13.1 Å². The summed E-state index contributed by atoms with van der Waals surface area (Å²) in [5, 5.41) is -0.198. The fourth-order valence-electron chi connectivity index (χ4n) is 5.92. The van der Waals surface area contributed by atoms with E-state index in [1.807, 2.05) is 0 Å². The third kappa shape index (κ3) is 3.83. The van der Waals surface area contributed by atoms with E-state index in [0.29, 0.717) is 5.92 Å². The maximum Gasteiger partial charge on any atom is 0.343 e. The van der Waals surface area contributed by atoms with E-state index in [0.717, 1.165) is 49.8 Å². The van der Waals surface area contributed by atoms with Crippen LogP contribution < -0.4 is 0 Å². The third-order valence-corrected chi connectivity index (χ3v) is 7.38. The van der Waals surface area contributed by atoms with Crippen LogP contribution in [-0.2, 0) is 4.74 Å². The number of halogens is 3. The lowest BCUT2D eigenvalue weighted by atomic mass is 9.63. The lowest BCUT2D eigenvalue weighted by Crippen LogP contribution is -2.30. The van der Waals surface area contributed by atoms with Crippen molar-refractivity contribution >= 4 is 16.7 Å². The molecular weight excluding hydrogens is 389 g/mol. The molecule has 2 aliphatic carbocycles. The van der Waals surface area contributed by atoms with Crippen LogP contribution in [0, 0.1) is 35.2 Å². The zero-order valence-corrected chi connectivity index (χ0v) is 17.6. The van der Waals surface area contributed by atoms with Crippen LogP contribution in [0.15, 0.2) is 18.2 Å². The van der Waals surface area contributed by atoms with Gasteiger partial charge < -0.3 is 4.74 Å². The fraction of sp³-hybridized carbons (Fsp3) is 0.560. The molecule has 4 rings (SSSR count). The van der Waals surface area contributed by atoms with Crippen LogP contribution in [0.5, 0.6) is 0 Å². The second kappa shape index (κ2) is 8.60. The number of carbonyl (C=O) groups is 1. The molecule has 2 fully saturated rings. The molecule has 162 valence electrons. The van der Waals surface area contributed by atoms with E-state index in [-0.39, 0.29) is 16.7 Å². The molecule has 4 atom stereocenters. The molecule has 30 heavy (non-hydrogen) atoms. The van der Waals surface area contributed by atoms with Crippen LogP contribution in [0.3, 0.4) is 0 Å². The van der Waals surface area contributed by atoms with Gasteiger partial charge in [0.1, 0.15) is 17.2 Å². The maximum absolute atomic E-state index is 14.9. The molecule has 0 N–H and O–H groups in total. The van der Waals surface area contributed by atoms with E-state index in [2.05, 4.69) is 11.7 Å². The Kier molecular flexibility index (Phi) is 6.08. The number of ether oxygens (including phenoxy) is 1. The van der Waals surface area contributed by atoms with Gasteiger partial charge in [-0.2, -0.15) is 0 Å². The van der Waals surface area contributed by atoms with Crippen molar-refractivity contribution in [1.82, 2.24) is 0 Å². The number of hydrogen-bond donors (Lipinski definition) is 0. The van der Waals surface area contributed by atoms with Crippen LogP contribution in [0.2, 0.25) is 0 Å². The van der Waals surface area contributed by atoms with Crippen LogP contribution >= 0.6 is 0 Å². The molecular formula is C25H29F3O2. The number of fused-ring (bicyclic) bond motifs is 2. The number of esters is 1. The van der Waals surface area contributed by atoms with E-state index in [1.54, 1.807) is 6.07 Å². The normalized spacial score (nSPS) is 26.4. The highest BCUT2D eigenvalue weighted by molar-refractivity contribution is 5.96. The van der Waals surface area contributed by atoms with Gasteiger partial charge in [0.15, 0.2) is 5.82 Å². The van der Waals surface area contributed by atoms with Crippen LogP contribution in [0.25, 0.3) is 10.8 Å². The Morgan fingerprint density at radius 2 is 1.73 bits per heavy atom. The predicted octanol–water partition coefficient (Wildman–Crippen LogP) is 7.14. The van der Waals surface area contributed by atoms with Gasteiger partial charge in [-0.3, -0.25) is 0 Å². The predicted molar refractivity (Wildman–Crippen MR) is 111 cm³/mol. The Labute approximate surface area is 175 Å². The second-order valence-electron chi connectivity index (χ2n) is 9.14. The molecule has 0 spiro atoms. The third-order valence-electron chi connectivity index (χ3n) is 7.38. The Hall–Kier alpha value is -2.04. The number of carbonyl (C=O) groups excluding carboxylic acids is 1. The van der Waals surface area contributed by atoms with Crippen molar-refractivity contribution < 1.29 is 22.7 Å². The molecule has 2 saturated carbocycles. The number of benzene rings is 2. The summed E-state index contributed by atoms with van der Waals surface area (Å²) in [5.74, 6) is -1.65. The van der Waals surface area contributed by atoms with Crippen molar-refractivity contribution in [2.75, 3.05) is 7.11 Å². The number of rotatable bonds is 4. The lowest BCUT2D eigenvalue weighted by molar-refractivity contribution is 0.0590. The first-order valence-electron chi connectivity index (χ1n) is 11.1. The van der Waals surface area contributed by atoms with E-state index in [4.69, 9.17) is 0 Å². The van der Waals surface area contributed by atoms with Crippen molar-refractivity contribution in [3.63, 3.8) is 0 Å². The fourth-order valence-corrected chi connectivity index (χ4v) is 5.92. The van der Waals surface area contributed by atoms with Crippen molar-refractivity contribution in [2.24, 2.45) is 17.8 Å². The highest BCUT2D eigenvalue weighted by Crippen LogP contribution is 2.48. The molecule has 2 aromatic carbocycles. The number of hydrogen-bond acceptors (Lipinski definition) is 2. The molecule has 2 unspecified atom stereocenters. The first-order valence-corrected chi connectivity index (χ1v) is 11.1. The molecule has 0 bridgehead atoms. The minimum Gasteiger partial charge on any atom is -0.465 e. The summed E-state index contributed by atoms with van der Waals surface area (Å²) in [4.78, 5) is 11.7. The average Bonchev–Trinajstić information content (AvgIpc) is 2.72. The molecule has 0 heterocycles. The Morgan fingerprint density at radius 3 is 2.47 bits per heavy atom. The Balaban J connectivity index is 1.61. The van der Waals surface area contributed by atoms with Crippen molar-refractivity contribution in [2.45, 2.75) is 64.2 Å². The maximum atomic E-state index is 14.9. The monoisotopic (exact) mass is 418 g/mol. The van der Waals surface area contributed by atoms with E-state index in [1.165, 1.54) is 38.2 Å². The van der Waals surface area contributed by atoms with Gasteiger partial charge in [0, 0.05) is 0 Å². The summed E-state index contributed by atoms with van der Waals surface area (Å²) < 4.78 is 48.5. The minimum absolute atomic E-state index is 0.154. The van der Waals surface area contributed by atoms with Gasteiger partial charge in [0.05, 0.1) is 12.5 Å². The van der Waals surface area contributed by atoms with Gasteiger partial charge in [-0.15, -0.1) is 0 Å². The Bertz CT molecular complexity index is 955. The van der Waals surface area contributed by atoms with Crippen molar-refractivity contribution in [3.05, 3.63) is 46.8 Å². The summed E-state index contributed by atoms with van der Waals surface area (Å²) in [5.41, 5.74) is -0.0419. The standard InChI is InChI=1S/C25H29F3O2/c1-3-4-14-5-6-16-10-17(8-7-15(16)9-14)18-11-19-13-21(27)23(25(29)30-2)24(28)22(19)20(26)12-18/h11-17H,3-10H2,1-2H3/t14?,15-,16+,17?/m0/s1. The van der Waals surface area contributed by atoms with E-state index in [9.17, 15) is 18.0 Å². The molecule has 0 saturated heterocycles. The number of methoxy groups -OCH3 is 1. The summed E-state index contributed by atoms with van der Waals surface area (Å²) in [6, 6.07) is 4.11. The topological polar surface area (TPSA) is 26.3 Å². The van der Waals surface area contributed by atoms with E-state index >= 15 is 0 Å².